The minimum Gasteiger partial charge on any atom is -0.288 e. The largest absolute Gasteiger partial charge is 0.288 e. The van der Waals surface area contributed by atoms with E-state index in [2.05, 4.69) is 72.8 Å². The van der Waals surface area contributed by atoms with Crippen LogP contribution in [0.4, 0.5) is 0 Å². The van der Waals surface area contributed by atoms with Crippen LogP contribution in [0.1, 0.15) is 60.1 Å². The highest BCUT2D eigenvalue weighted by atomic mass is 32.2. The van der Waals surface area contributed by atoms with Crippen LogP contribution in [0.15, 0.2) is 72.8 Å². The van der Waals surface area contributed by atoms with Crippen molar-refractivity contribution in [3.63, 3.8) is 0 Å². The van der Waals surface area contributed by atoms with Crippen molar-refractivity contribution < 1.29 is 14.4 Å². The molecule has 0 spiro atoms. The fourth-order valence-corrected chi connectivity index (χ4v) is 5.24. The summed E-state index contributed by atoms with van der Waals surface area (Å²) in [7, 11) is 0. The van der Waals surface area contributed by atoms with E-state index in [-0.39, 0.29) is 21.3 Å². The highest BCUT2D eigenvalue weighted by Crippen LogP contribution is 2.33. The van der Waals surface area contributed by atoms with Crippen LogP contribution in [-0.4, -0.2) is 15.3 Å². The molecule has 0 amide bonds. The van der Waals surface area contributed by atoms with Gasteiger partial charge in [-0.25, -0.2) is 0 Å². The van der Waals surface area contributed by atoms with Gasteiger partial charge in [-0.3, -0.25) is 14.4 Å². The van der Waals surface area contributed by atoms with Crippen LogP contribution in [0.3, 0.4) is 0 Å². The first kappa shape index (κ1) is 26.3. The summed E-state index contributed by atoms with van der Waals surface area (Å²) in [4.78, 5) is 33.9. The third-order valence-electron chi connectivity index (χ3n) is 5.27. The average molecular weight is 509 g/mol. The Morgan fingerprint density at radius 3 is 0.941 bits per heavy atom. The van der Waals surface area contributed by atoms with Crippen LogP contribution >= 0.6 is 35.3 Å². The second kappa shape index (κ2) is 13.0. The number of hydrogen-bond acceptors (Lipinski definition) is 6. The van der Waals surface area contributed by atoms with Crippen molar-refractivity contribution in [1.29, 1.82) is 0 Å². The van der Waals surface area contributed by atoms with Crippen molar-refractivity contribution in [1.82, 2.24) is 0 Å². The number of carbonyl (C=O) groups is 3. The van der Waals surface area contributed by atoms with Crippen LogP contribution in [0.2, 0.25) is 0 Å². The van der Waals surface area contributed by atoms with Crippen molar-refractivity contribution in [2.45, 2.75) is 43.9 Å². The summed E-state index contributed by atoms with van der Waals surface area (Å²) in [5.41, 5.74) is 6.89. The molecule has 0 aliphatic rings. The molecule has 3 nitrogen and oxygen atoms in total. The number of benzene rings is 3. The maximum Gasteiger partial charge on any atom is 0.186 e. The van der Waals surface area contributed by atoms with Gasteiger partial charge in [0.05, 0.1) is 0 Å². The number of hydrogen-bond donors (Lipinski definition) is 0. The molecule has 0 heterocycles. The normalized spacial score (nSPS) is 10.9. The maximum absolute atomic E-state index is 11.3. The second-order valence-electron chi connectivity index (χ2n) is 8.00. The predicted octanol–water partition coefficient (Wildman–Crippen LogP) is 7.21. The van der Waals surface area contributed by atoms with E-state index in [9.17, 15) is 14.4 Å². The molecule has 0 aromatic heterocycles. The first-order valence-corrected chi connectivity index (χ1v) is 13.9. The van der Waals surface area contributed by atoms with Gasteiger partial charge < -0.3 is 0 Å². The molecule has 0 bridgehead atoms. The topological polar surface area (TPSA) is 51.2 Å². The third-order valence-corrected chi connectivity index (χ3v) is 7.92. The Balaban J connectivity index is 1.89. The van der Waals surface area contributed by atoms with Crippen LogP contribution in [-0.2, 0) is 31.6 Å². The molecule has 6 heteroatoms. The summed E-state index contributed by atoms with van der Waals surface area (Å²) in [5.74, 6) is 2.07. The summed E-state index contributed by atoms with van der Waals surface area (Å²) in [6.07, 6.45) is 0. The molecule has 0 fully saturated rings. The van der Waals surface area contributed by atoms with Crippen molar-refractivity contribution in [2.24, 2.45) is 0 Å². The zero-order valence-electron chi connectivity index (χ0n) is 19.6. The lowest BCUT2D eigenvalue weighted by molar-refractivity contribution is -0.109. The van der Waals surface area contributed by atoms with E-state index < -0.39 is 0 Å². The Morgan fingerprint density at radius 2 is 0.735 bits per heavy atom. The molecule has 3 rings (SSSR count). The number of thioether (sulfide) groups is 3. The quantitative estimate of drug-likeness (QED) is 0.285. The predicted molar refractivity (Wildman–Crippen MR) is 146 cm³/mol. The maximum atomic E-state index is 11.3. The van der Waals surface area contributed by atoms with Gasteiger partial charge in [0.15, 0.2) is 15.3 Å². The molecule has 0 saturated heterocycles. The first-order valence-electron chi connectivity index (χ1n) is 11.0. The van der Waals surface area contributed by atoms with Gasteiger partial charge in [-0.2, -0.15) is 0 Å². The van der Waals surface area contributed by atoms with E-state index in [0.717, 1.165) is 16.7 Å². The highest BCUT2D eigenvalue weighted by Gasteiger charge is 2.17. The van der Waals surface area contributed by atoms with E-state index in [1.165, 1.54) is 52.0 Å². The van der Waals surface area contributed by atoms with E-state index in [0.29, 0.717) is 17.3 Å². The first-order chi connectivity index (χ1) is 16.3. The lowest BCUT2D eigenvalue weighted by Gasteiger charge is -2.20. The minimum atomic E-state index is 0.0542. The Kier molecular flexibility index (Phi) is 10.1. The molecule has 3 aromatic rings. The van der Waals surface area contributed by atoms with Crippen molar-refractivity contribution in [3.8, 4) is 0 Å². The molecule has 0 atom stereocenters. The van der Waals surface area contributed by atoms with Gasteiger partial charge in [-0.1, -0.05) is 108 Å². The van der Waals surface area contributed by atoms with Crippen molar-refractivity contribution >= 4 is 50.6 Å². The van der Waals surface area contributed by atoms with Gasteiger partial charge in [-0.05, 0) is 33.4 Å². The van der Waals surface area contributed by atoms with E-state index in [1.807, 2.05) is 0 Å². The summed E-state index contributed by atoms with van der Waals surface area (Å²) >= 11 is 3.95. The molecule has 0 aliphatic heterocycles. The molecular weight excluding hydrogens is 481 g/mol. The molecular formula is C28H28O3S3. The fourth-order valence-electron chi connectivity index (χ4n) is 3.55. The van der Waals surface area contributed by atoms with Crippen LogP contribution in [0.5, 0.6) is 0 Å². The van der Waals surface area contributed by atoms with Crippen molar-refractivity contribution in [3.05, 3.63) is 106 Å². The summed E-state index contributed by atoms with van der Waals surface area (Å²) in [6, 6.07) is 25.4. The molecule has 176 valence electrons. The zero-order chi connectivity index (χ0) is 24.5. The lowest BCUT2D eigenvalue weighted by Crippen LogP contribution is -2.04. The van der Waals surface area contributed by atoms with Gasteiger partial charge in [0.25, 0.3) is 0 Å². The molecule has 0 N–H and O–H groups in total. The van der Waals surface area contributed by atoms with Gasteiger partial charge in [0, 0.05) is 43.9 Å². The van der Waals surface area contributed by atoms with Gasteiger partial charge in [-0.15, -0.1) is 0 Å². The molecule has 0 unspecified atom stereocenters. The molecule has 34 heavy (non-hydrogen) atoms. The molecule has 0 saturated carbocycles. The molecule has 3 aromatic carbocycles. The number of rotatable bonds is 9. The molecule has 0 radical (unpaired) electrons. The molecule has 0 aliphatic carbocycles. The monoisotopic (exact) mass is 508 g/mol. The number of carbonyl (C=O) groups excluding carboxylic acids is 3. The van der Waals surface area contributed by atoms with Crippen LogP contribution in [0, 0.1) is 0 Å². The highest BCUT2D eigenvalue weighted by molar-refractivity contribution is 8.13. The summed E-state index contributed by atoms with van der Waals surface area (Å²) in [5, 5.41) is 0.356. The van der Waals surface area contributed by atoms with Crippen molar-refractivity contribution in [2.75, 3.05) is 0 Å². The fraction of sp³-hybridized carbons (Fsp3) is 0.250. The van der Waals surface area contributed by atoms with E-state index in [4.69, 9.17) is 0 Å². The minimum absolute atomic E-state index is 0.0542. The summed E-state index contributed by atoms with van der Waals surface area (Å²) < 4.78 is 0. The second-order valence-corrected chi connectivity index (χ2v) is 11.5. The van der Waals surface area contributed by atoms with Gasteiger partial charge >= 0.3 is 0 Å². The smallest absolute Gasteiger partial charge is 0.186 e. The lowest BCUT2D eigenvalue weighted by atomic mass is 9.84. The Bertz CT molecular complexity index is 975. The zero-order valence-corrected chi connectivity index (χ0v) is 22.0. The van der Waals surface area contributed by atoms with Gasteiger partial charge in [0.1, 0.15) is 0 Å². The van der Waals surface area contributed by atoms with E-state index >= 15 is 0 Å². The Hall–Kier alpha value is -2.28. The van der Waals surface area contributed by atoms with Crippen LogP contribution in [0.25, 0.3) is 0 Å². The Labute approximate surface area is 214 Å². The third kappa shape index (κ3) is 8.19. The Morgan fingerprint density at radius 1 is 0.500 bits per heavy atom. The standard InChI is InChI=1S/C28H28O3S3/c1-19(29)32-16-22-4-10-25(11-5-22)28(26-12-6-23(7-13-26)17-33-20(2)30)27-14-8-24(9-15-27)18-34-21(3)31/h4-15,28H,16-18H2,1-3H3. The average Bonchev–Trinajstić information content (AvgIpc) is 2.82. The summed E-state index contributed by atoms with van der Waals surface area (Å²) in [6.45, 7) is 4.77. The van der Waals surface area contributed by atoms with Gasteiger partial charge in [0.2, 0.25) is 0 Å². The van der Waals surface area contributed by atoms with E-state index in [1.54, 1.807) is 20.8 Å². The van der Waals surface area contributed by atoms with Crippen LogP contribution < -0.4 is 0 Å². The SMILES string of the molecule is CC(=O)SCc1ccc(C(c2ccc(CSC(C)=O)cc2)c2ccc(CSC(C)=O)cc2)cc1.